The van der Waals surface area contributed by atoms with Crippen molar-refractivity contribution in [3.63, 3.8) is 0 Å². The van der Waals surface area contributed by atoms with Gasteiger partial charge in [-0.3, -0.25) is 4.79 Å². The quantitative estimate of drug-likeness (QED) is 0.801. The van der Waals surface area contributed by atoms with E-state index in [1.807, 2.05) is 32.0 Å². The number of nitrogens with one attached hydrogen (secondary N) is 1. The van der Waals surface area contributed by atoms with E-state index in [1.165, 1.54) is 10.7 Å². The van der Waals surface area contributed by atoms with Crippen molar-refractivity contribution in [2.75, 3.05) is 5.32 Å². The zero-order chi connectivity index (χ0) is 17.3. The molecule has 0 saturated heterocycles. The van der Waals surface area contributed by atoms with Gasteiger partial charge >= 0.3 is 0 Å². The summed E-state index contributed by atoms with van der Waals surface area (Å²) in [4.78, 5) is 12.5. The molecule has 0 bridgehead atoms. The van der Waals surface area contributed by atoms with Gasteiger partial charge in [0.05, 0.1) is 5.69 Å². The first-order chi connectivity index (χ1) is 11.5. The molecule has 3 aromatic rings. The topological polar surface area (TPSA) is 59.8 Å². The fraction of sp³-hybridized carbons (Fsp3) is 0.167. The van der Waals surface area contributed by atoms with E-state index in [0.717, 1.165) is 16.8 Å². The van der Waals surface area contributed by atoms with Crippen LogP contribution in [-0.2, 0) is 0 Å². The summed E-state index contributed by atoms with van der Waals surface area (Å²) in [5, 5.41) is 10.7. The Labute approximate surface area is 139 Å². The van der Waals surface area contributed by atoms with Crippen LogP contribution >= 0.6 is 0 Å². The first-order valence-electron chi connectivity index (χ1n) is 7.54. The number of hydrogen-bond acceptors (Lipinski definition) is 3. The first-order valence-corrected chi connectivity index (χ1v) is 7.54. The number of hydrogen-bond donors (Lipinski definition) is 1. The molecule has 1 heterocycles. The number of amides is 1. The highest BCUT2D eigenvalue weighted by Crippen LogP contribution is 2.20. The molecule has 0 spiro atoms. The maximum atomic E-state index is 13.9. The minimum atomic E-state index is -0.424. The maximum absolute atomic E-state index is 13.9. The van der Waals surface area contributed by atoms with E-state index in [2.05, 4.69) is 15.6 Å². The molecule has 0 unspecified atom stereocenters. The Morgan fingerprint density at radius 1 is 1.08 bits per heavy atom. The van der Waals surface area contributed by atoms with Crippen LogP contribution in [0.2, 0.25) is 0 Å². The number of benzene rings is 2. The van der Waals surface area contributed by atoms with Gasteiger partial charge in [0.2, 0.25) is 0 Å². The summed E-state index contributed by atoms with van der Waals surface area (Å²) >= 11 is 0. The summed E-state index contributed by atoms with van der Waals surface area (Å²) in [5.74, 6) is -0.796. The Morgan fingerprint density at radius 2 is 1.83 bits per heavy atom. The van der Waals surface area contributed by atoms with Crippen LogP contribution in [0.4, 0.5) is 10.1 Å². The average molecular weight is 324 g/mol. The van der Waals surface area contributed by atoms with Crippen molar-refractivity contribution < 1.29 is 9.18 Å². The third-order valence-electron chi connectivity index (χ3n) is 4.04. The number of anilines is 1. The number of aromatic nitrogens is 3. The highest BCUT2D eigenvalue weighted by atomic mass is 19.1. The summed E-state index contributed by atoms with van der Waals surface area (Å²) in [7, 11) is 0. The van der Waals surface area contributed by atoms with Crippen LogP contribution in [0.1, 0.15) is 27.3 Å². The SMILES string of the molecule is Cc1cccc(NC(=O)c2nnn(-c3ccccc3F)c2C)c1C. The van der Waals surface area contributed by atoms with Crippen molar-refractivity contribution >= 4 is 11.6 Å². The third kappa shape index (κ3) is 2.78. The van der Waals surface area contributed by atoms with Crippen LogP contribution < -0.4 is 5.32 Å². The maximum Gasteiger partial charge on any atom is 0.278 e. The molecule has 0 saturated carbocycles. The van der Waals surface area contributed by atoms with Gasteiger partial charge in [-0.1, -0.05) is 29.5 Å². The monoisotopic (exact) mass is 324 g/mol. The standard InChI is InChI=1S/C18H17FN4O/c1-11-7-6-9-15(12(11)2)20-18(24)17-13(3)23(22-21-17)16-10-5-4-8-14(16)19/h4-10H,1-3H3,(H,20,24). The van der Waals surface area contributed by atoms with Crippen molar-refractivity contribution in [3.8, 4) is 5.69 Å². The Kier molecular flexibility index (Phi) is 4.12. The first kappa shape index (κ1) is 15.9. The number of aryl methyl sites for hydroxylation is 1. The van der Waals surface area contributed by atoms with E-state index >= 15 is 0 Å². The molecular weight excluding hydrogens is 307 g/mol. The van der Waals surface area contributed by atoms with Crippen molar-refractivity contribution in [3.05, 3.63) is 70.8 Å². The lowest BCUT2D eigenvalue weighted by Gasteiger charge is -2.09. The van der Waals surface area contributed by atoms with Crippen LogP contribution in [0.25, 0.3) is 5.69 Å². The van der Waals surface area contributed by atoms with Gasteiger partial charge in [0.25, 0.3) is 5.91 Å². The lowest BCUT2D eigenvalue weighted by molar-refractivity contribution is 0.102. The van der Waals surface area contributed by atoms with Crippen LogP contribution in [0, 0.1) is 26.6 Å². The Morgan fingerprint density at radius 3 is 2.58 bits per heavy atom. The van der Waals surface area contributed by atoms with Crippen LogP contribution in [0.5, 0.6) is 0 Å². The van der Waals surface area contributed by atoms with E-state index < -0.39 is 5.82 Å². The van der Waals surface area contributed by atoms with Crippen molar-refractivity contribution in [1.82, 2.24) is 15.0 Å². The van der Waals surface area contributed by atoms with Crippen molar-refractivity contribution in [2.24, 2.45) is 0 Å². The molecule has 0 aliphatic heterocycles. The van der Waals surface area contributed by atoms with Gasteiger partial charge in [0, 0.05) is 5.69 Å². The van der Waals surface area contributed by atoms with E-state index in [4.69, 9.17) is 0 Å². The fourth-order valence-corrected chi connectivity index (χ4v) is 2.46. The molecule has 24 heavy (non-hydrogen) atoms. The van der Waals surface area contributed by atoms with Gasteiger partial charge in [-0.15, -0.1) is 5.10 Å². The molecule has 0 radical (unpaired) electrons. The van der Waals surface area contributed by atoms with Gasteiger partial charge in [0.1, 0.15) is 11.5 Å². The highest BCUT2D eigenvalue weighted by Gasteiger charge is 2.19. The number of nitrogens with zero attached hydrogens (tertiary/aromatic N) is 3. The van der Waals surface area contributed by atoms with Crippen LogP contribution in [0.3, 0.4) is 0 Å². The molecule has 2 aromatic carbocycles. The predicted molar refractivity (Wildman–Crippen MR) is 89.9 cm³/mol. The molecule has 1 amide bonds. The second-order valence-electron chi connectivity index (χ2n) is 5.59. The lowest BCUT2D eigenvalue weighted by Crippen LogP contribution is -2.15. The Bertz CT molecular complexity index is 917. The van der Waals surface area contributed by atoms with E-state index in [9.17, 15) is 9.18 Å². The second kappa shape index (κ2) is 6.23. The zero-order valence-electron chi connectivity index (χ0n) is 13.7. The number of halogens is 1. The number of carbonyl (C=O) groups excluding carboxylic acids is 1. The summed E-state index contributed by atoms with van der Waals surface area (Å²) in [6, 6.07) is 11.9. The molecular formula is C18H17FN4O. The second-order valence-corrected chi connectivity index (χ2v) is 5.59. The normalized spacial score (nSPS) is 10.7. The Hall–Kier alpha value is -3.02. The fourth-order valence-electron chi connectivity index (χ4n) is 2.46. The summed E-state index contributed by atoms with van der Waals surface area (Å²) in [6.45, 7) is 5.60. The molecule has 0 atom stereocenters. The van der Waals surface area contributed by atoms with Crippen LogP contribution in [0.15, 0.2) is 42.5 Å². The molecule has 0 aliphatic carbocycles. The third-order valence-corrected chi connectivity index (χ3v) is 4.04. The van der Waals surface area contributed by atoms with Gasteiger partial charge < -0.3 is 5.32 Å². The molecule has 122 valence electrons. The number of rotatable bonds is 3. The average Bonchev–Trinajstić information content (AvgIpc) is 2.94. The smallest absolute Gasteiger partial charge is 0.278 e. The number of carbonyl (C=O) groups is 1. The van der Waals surface area contributed by atoms with E-state index in [-0.39, 0.29) is 17.3 Å². The van der Waals surface area contributed by atoms with Crippen molar-refractivity contribution in [1.29, 1.82) is 0 Å². The molecule has 1 aromatic heterocycles. The molecule has 1 N–H and O–H groups in total. The molecule has 3 rings (SSSR count). The Balaban J connectivity index is 1.92. The zero-order valence-corrected chi connectivity index (χ0v) is 13.7. The minimum Gasteiger partial charge on any atom is -0.320 e. The lowest BCUT2D eigenvalue weighted by atomic mass is 10.1. The predicted octanol–water partition coefficient (Wildman–Crippen LogP) is 3.58. The summed E-state index contributed by atoms with van der Waals surface area (Å²) < 4.78 is 15.2. The highest BCUT2D eigenvalue weighted by molar-refractivity contribution is 6.04. The van der Waals surface area contributed by atoms with Gasteiger partial charge in [-0.2, -0.15) is 0 Å². The molecule has 0 fully saturated rings. The van der Waals surface area contributed by atoms with Gasteiger partial charge in [0.15, 0.2) is 5.69 Å². The van der Waals surface area contributed by atoms with E-state index in [0.29, 0.717) is 5.69 Å². The summed E-state index contributed by atoms with van der Waals surface area (Å²) in [5.41, 5.74) is 3.69. The van der Waals surface area contributed by atoms with Crippen molar-refractivity contribution in [2.45, 2.75) is 20.8 Å². The van der Waals surface area contributed by atoms with Gasteiger partial charge in [-0.25, -0.2) is 9.07 Å². The minimum absolute atomic E-state index is 0.166. The molecule has 5 nitrogen and oxygen atoms in total. The summed E-state index contributed by atoms with van der Waals surface area (Å²) in [6.07, 6.45) is 0. The van der Waals surface area contributed by atoms with E-state index in [1.54, 1.807) is 25.1 Å². The van der Waals surface area contributed by atoms with Gasteiger partial charge in [-0.05, 0) is 50.1 Å². The largest absolute Gasteiger partial charge is 0.320 e. The van der Waals surface area contributed by atoms with Crippen LogP contribution in [-0.4, -0.2) is 20.9 Å². The molecule has 6 heteroatoms. The number of para-hydroxylation sites is 1. The molecule has 0 aliphatic rings.